The zero-order valence-corrected chi connectivity index (χ0v) is 13.8. The van der Waals surface area contributed by atoms with Gasteiger partial charge >= 0.3 is 0 Å². The second kappa shape index (κ2) is 6.14. The van der Waals surface area contributed by atoms with Crippen molar-refractivity contribution < 1.29 is 9.60 Å². The van der Waals surface area contributed by atoms with Crippen molar-refractivity contribution in [2.45, 2.75) is 51.2 Å². The Hall–Kier alpha value is -2.17. The van der Waals surface area contributed by atoms with Gasteiger partial charge in [-0.05, 0) is 52.3 Å². The number of benzene rings is 1. The Morgan fingerprint density at radius 3 is 2.65 bits per heavy atom. The van der Waals surface area contributed by atoms with Gasteiger partial charge < -0.3 is 10.5 Å². The van der Waals surface area contributed by atoms with E-state index in [1.807, 2.05) is 33.9 Å². The molecule has 1 heterocycles. The van der Waals surface area contributed by atoms with Crippen molar-refractivity contribution in [1.29, 1.82) is 5.26 Å². The Morgan fingerprint density at radius 1 is 1.43 bits per heavy atom. The predicted molar refractivity (Wildman–Crippen MR) is 86.4 cm³/mol. The summed E-state index contributed by atoms with van der Waals surface area (Å²) < 4.78 is 13.3. The van der Waals surface area contributed by atoms with Crippen molar-refractivity contribution in [3.8, 4) is 6.19 Å². The highest BCUT2D eigenvalue weighted by Gasteiger charge is 2.51. The molecule has 0 spiro atoms. The van der Waals surface area contributed by atoms with Crippen molar-refractivity contribution >= 4 is 11.6 Å². The molecule has 0 saturated carbocycles. The highest BCUT2D eigenvalue weighted by molar-refractivity contribution is 5.94. The summed E-state index contributed by atoms with van der Waals surface area (Å²) >= 11 is 0. The molecule has 0 aromatic heterocycles. The Balaban J connectivity index is 2.27. The van der Waals surface area contributed by atoms with Crippen molar-refractivity contribution in [1.82, 2.24) is 10.4 Å². The molecule has 1 saturated heterocycles. The van der Waals surface area contributed by atoms with Crippen LogP contribution in [0.2, 0.25) is 0 Å². The molecule has 1 aromatic carbocycles. The number of halogens is 1. The minimum Gasteiger partial charge on any atom is -0.325 e. The number of nitriles is 1. The first-order valence-corrected chi connectivity index (χ1v) is 7.41. The van der Waals surface area contributed by atoms with Crippen LogP contribution in [0.4, 0.5) is 10.1 Å². The van der Waals surface area contributed by atoms with E-state index in [0.717, 1.165) is 0 Å². The standard InChI is InChI=1S/C16H22FN5O/c1-15(2)9-13(16(3,4)22(15)23)21-14(19-10-18)20-12-7-5-6-11(17)8-12/h5-8,13,23H,9H2,1-4H3,(H2,19,20,21). The number of guanidine groups is 1. The number of anilines is 1. The summed E-state index contributed by atoms with van der Waals surface area (Å²) in [6, 6.07) is 5.67. The zero-order valence-electron chi connectivity index (χ0n) is 13.8. The number of nitrogens with zero attached hydrogens (tertiary/aromatic N) is 3. The number of nitrogens with one attached hydrogen (secondary N) is 2. The molecule has 0 aliphatic carbocycles. The smallest absolute Gasteiger partial charge is 0.209 e. The van der Waals surface area contributed by atoms with Crippen molar-refractivity contribution in [2.75, 3.05) is 5.32 Å². The van der Waals surface area contributed by atoms with E-state index in [9.17, 15) is 9.60 Å². The molecule has 23 heavy (non-hydrogen) atoms. The van der Waals surface area contributed by atoms with Crippen LogP contribution in [0.3, 0.4) is 0 Å². The average Bonchev–Trinajstić information content (AvgIpc) is 2.59. The summed E-state index contributed by atoms with van der Waals surface area (Å²) in [6.45, 7) is 7.65. The van der Waals surface area contributed by atoms with Gasteiger partial charge in [0.2, 0.25) is 5.96 Å². The van der Waals surface area contributed by atoms with E-state index in [1.165, 1.54) is 17.2 Å². The van der Waals surface area contributed by atoms with Gasteiger partial charge in [-0.2, -0.15) is 10.3 Å². The Morgan fingerprint density at radius 2 is 2.13 bits per heavy atom. The molecular formula is C16H22FN5O. The van der Waals surface area contributed by atoms with E-state index in [2.05, 4.69) is 15.6 Å². The molecule has 0 amide bonds. The molecule has 2 rings (SSSR count). The summed E-state index contributed by atoms with van der Waals surface area (Å²) in [5.74, 6) is -0.155. The van der Waals surface area contributed by atoms with Crippen molar-refractivity contribution in [3.63, 3.8) is 0 Å². The second-order valence-electron chi connectivity index (χ2n) is 6.85. The van der Waals surface area contributed by atoms with Crippen molar-refractivity contribution in [2.24, 2.45) is 4.99 Å². The van der Waals surface area contributed by atoms with E-state index >= 15 is 0 Å². The maximum Gasteiger partial charge on any atom is 0.209 e. The molecular weight excluding hydrogens is 297 g/mol. The molecule has 3 N–H and O–H groups in total. The van der Waals surface area contributed by atoms with Gasteiger partial charge in [-0.25, -0.2) is 9.38 Å². The molecule has 0 radical (unpaired) electrons. The largest absolute Gasteiger partial charge is 0.325 e. The van der Waals surface area contributed by atoms with Crippen LogP contribution in [0, 0.1) is 17.3 Å². The van der Waals surface area contributed by atoms with Gasteiger partial charge in [0.1, 0.15) is 5.82 Å². The van der Waals surface area contributed by atoms with Crippen LogP contribution in [0.1, 0.15) is 34.1 Å². The van der Waals surface area contributed by atoms with Gasteiger partial charge in [0.25, 0.3) is 0 Å². The molecule has 124 valence electrons. The van der Waals surface area contributed by atoms with Gasteiger partial charge in [0.05, 0.1) is 11.6 Å². The second-order valence-corrected chi connectivity index (χ2v) is 6.85. The van der Waals surface area contributed by atoms with Crippen LogP contribution in [0.25, 0.3) is 0 Å². The molecule has 7 heteroatoms. The fourth-order valence-electron chi connectivity index (χ4n) is 2.94. The number of rotatable bonds is 2. The summed E-state index contributed by atoms with van der Waals surface area (Å²) in [7, 11) is 0. The van der Waals surface area contributed by atoms with E-state index in [4.69, 9.17) is 5.26 Å². The first-order valence-electron chi connectivity index (χ1n) is 7.41. The SMILES string of the molecule is CC1(C)CC(N=C(NC#N)Nc2cccc(F)c2)C(C)(C)N1O. The Bertz CT molecular complexity index is 650. The number of hydrogen-bond donors (Lipinski definition) is 3. The van der Waals surface area contributed by atoms with Crippen LogP contribution in [-0.4, -0.2) is 33.3 Å². The monoisotopic (exact) mass is 319 g/mol. The predicted octanol–water partition coefficient (Wildman–Crippen LogP) is 2.68. The molecule has 0 bridgehead atoms. The molecule has 1 atom stereocenters. The first-order chi connectivity index (χ1) is 10.7. The van der Waals surface area contributed by atoms with Crippen LogP contribution in [0.15, 0.2) is 29.3 Å². The third-order valence-electron chi connectivity index (χ3n) is 4.17. The number of aliphatic imine (C=N–C) groups is 1. The molecule has 1 aromatic rings. The quantitative estimate of drug-likeness (QED) is 0.338. The van der Waals surface area contributed by atoms with Crippen molar-refractivity contribution in [3.05, 3.63) is 30.1 Å². The normalized spacial score (nSPS) is 23.3. The number of hydrogen-bond acceptors (Lipinski definition) is 4. The lowest BCUT2D eigenvalue weighted by Gasteiger charge is -2.35. The van der Waals surface area contributed by atoms with E-state index in [-0.39, 0.29) is 17.8 Å². The third-order valence-corrected chi connectivity index (χ3v) is 4.17. The van der Waals surface area contributed by atoms with E-state index < -0.39 is 11.1 Å². The molecule has 1 aliphatic rings. The zero-order chi connectivity index (χ0) is 17.3. The Kier molecular flexibility index (Phi) is 4.59. The van der Waals surface area contributed by atoms with Gasteiger partial charge in [-0.3, -0.25) is 5.32 Å². The fraction of sp³-hybridized carbons (Fsp3) is 0.500. The molecule has 1 unspecified atom stereocenters. The molecule has 6 nitrogen and oxygen atoms in total. The van der Waals surface area contributed by atoms with Crippen LogP contribution in [0.5, 0.6) is 0 Å². The summed E-state index contributed by atoms with van der Waals surface area (Å²) in [5, 5.41) is 25.9. The van der Waals surface area contributed by atoms with Gasteiger partial charge in [0.15, 0.2) is 6.19 Å². The van der Waals surface area contributed by atoms with E-state index in [1.54, 1.807) is 12.1 Å². The number of hydroxylamine groups is 2. The molecule has 1 fully saturated rings. The van der Waals surface area contributed by atoms with Gasteiger partial charge in [0, 0.05) is 11.2 Å². The van der Waals surface area contributed by atoms with Crippen LogP contribution >= 0.6 is 0 Å². The first kappa shape index (κ1) is 17.2. The third kappa shape index (κ3) is 3.60. The maximum absolute atomic E-state index is 13.3. The lowest BCUT2D eigenvalue weighted by molar-refractivity contribution is -0.193. The average molecular weight is 319 g/mol. The maximum atomic E-state index is 13.3. The lowest BCUT2D eigenvalue weighted by atomic mass is 9.95. The Labute approximate surface area is 135 Å². The fourth-order valence-corrected chi connectivity index (χ4v) is 2.94. The highest BCUT2D eigenvalue weighted by atomic mass is 19.1. The summed E-state index contributed by atoms with van der Waals surface area (Å²) in [4.78, 5) is 4.54. The van der Waals surface area contributed by atoms with E-state index in [0.29, 0.717) is 12.1 Å². The lowest BCUT2D eigenvalue weighted by Crippen LogP contribution is -2.48. The summed E-state index contributed by atoms with van der Waals surface area (Å²) in [5.41, 5.74) is -0.522. The van der Waals surface area contributed by atoms with Crippen LogP contribution < -0.4 is 10.6 Å². The topological polar surface area (TPSA) is 83.7 Å². The van der Waals surface area contributed by atoms with Gasteiger partial charge in [-0.1, -0.05) is 6.07 Å². The van der Waals surface area contributed by atoms with Crippen LogP contribution in [-0.2, 0) is 0 Å². The highest BCUT2D eigenvalue weighted by Crippen LogP contribution is 2.40. The minimum atomic E-state index is -0.588. The summed E-state index contributed by atoms with van der Waals surface area (Å²) in [6.07, 6.45) is 2.45. The molecule has 1 aliphatic heterocycles. The minimum absolute atomic E-state index is 0.224. The van der Waals surface area contributed by atoms with Gasteiger partial charge in [-0.15, -0.1) is 0 Å².